The molecule has 40 heavy (non-hydrogen) atoms. The van der Waals surface area contributed by atoms with Crippen molar-refractivity contribution in [1.29, 1.82) is 0 Å². The molecule has 224 valence electrons. The van der Waals surface area contributed by atoms with Crippen molar-refractivity contribution >= 4 is 12.3 Å². The highest BCUT2D eigenvalue weighted by molar-refractivity contribution is 5.85. The van der Waals surface area contributed by atoms with Crippen molar-refractivity contribution in [2.45, 2.75) is 120 Å². The van der Waals surface area contributed by atoms with Gasteiger partial charge in [0, 0.05) is 25.0 Å². The molecule has 2 heterocycles. The minimum absolute atomic E-state index is 0.0563. The zero-order valence-electron chi connectivity index (χ0n) is 23.7. The highest BCUT2D eigenvalue weighted by Crippen LogP contribution is 2.70. The summed E-state index contributed by atoms with van der Waals surface area (Å²) in [4.78, 5) is 24.8. The van der Waals surface area contributed by atoms with E-state index in [-0.39, 0.29) is 36.8 Å². The second-order valence-corrected chi connectivity index (χ2v) is 13.6. The Morgan fingerprint density at radius 1 is 1.02 bits per heavy atom. The van der Waals surface area contributed by atoms with E-state index in [1.807, 2.05) is 0 Å². The zero-order valence-corrected chi connectivity index (χ0v) is 23.7. The zero-order chi connectivity index (χ0) is 28.7. The van der Waals surface area contributed by atoms with Crippen molar-refractivity contribution in [3.63, 3.8) is 0 Å². The first kappa shape index (κ1) is 28.7. The molecule has 4 aliphatic carbocycles. The van der Waals surface area contributed by atoms with Crippen LogP contribution in [0.4, 0.5) is 0 Å². The fraction of sp³-hybridized carbons (Fsp3) is 0.867. The molecule has 0 amide bonds. The molecule has 10 heteroatoms. The van der Waals surface area contributed by atoms with E-state index in [9.17, 15) is 30.0 Å². The molecule has 2 aliphatic heterocycles. The van der Waals surface area contributed by atoms with Crippen LogP contribution in [0.2, 0.25) is 0 Å². The van der Waals surface area contributed by atoms with Crippen molar-refractivity contribution in [2.75, 3.05) is 13.7 Å². The monoisotopic (exact) mass is 564 g/mol. The second kappa shape index (κ2) is 9.82. The van der Waals surface area contributed by atoms with Crippen molar-refractivity contribution in [3.8, 4) is 0 Å². The van der Waals surface area contributed by atoms with E-state index >= 15 is 0 Å². The number of hydrogen-bond acceptors (Lipinski definition) is 10. The number of aliphatic hydroxyl groups excluding tert-OH is 2. The Hall–Kier alpha value is -1.40. The first-order chi connectivity index (χ1) is 18.9. The van der Waals surface area contributed by atoms with E-state index in [4.69, 9.17) is 18.9 Å². The van der Waals surface area contributed by atoms with Crippen LogP contribution in [0, 0.1) is 28.6 Å². The third kappa shape index (κ3) is 3.86. The number of aliphatic hydroxyl groups is 4. The number of cyclic esters (lactones) is 1. The van der Waals surface area contributed by atoms with Gasteiger partial charge in [0.25, 0.3) is 0 Å². The lowest BCUT2D eigenvalue weighted by Crippen LogP contribution is -2.69. The molecule has 0 aromatic carbocycles. The molecule has 1 saturated heterocycles. The van der Waals surface area contributed by atoms with Crippen LogP contribution in [-0.4, -0.2) is 94.4 Å². The Morgan fingerprint density at radius 2 is 1.77 bits per heavy atom. The van der Waals surface area contributed by atoms with Gasteiger partial charge < -0.3 is 44.2 Å². The molecular weight excluding hydrogens is 520 g/mol. The van der Waals surface area contributed by atoms with Gasteiger partial charge in [-0.3, -0.25) is 0 Å². The van der Waals surface area contributed by atoms with Crippen LogP contribution in [0.1, 0.15) is 71.6 Å². The largest absolute Gasteiger partial charge is 0.458 e. The lowest BCUT2D eigenvalue weighted by molar-refractivity contribution is -0.319. The lowest BCUT2D eigenvalue weighted by Gasteiger charge is -2.65. The SMILES string of the molecule is CO[C@H]1[C@@H](O)[C@H](O[C@H]2CC[C@]3(C=O)[C@H]4CC[C@]5(C)[C@@H](C6=CC(=O)OC6)CC[C@]5(O)[C@@H]4CC[C@]3(O)C2)O[C@H](C)[C@H]1O. The smallest absolute Gasteiger partial charge is 0.331 e. The predicted molar refractivity (Wildman–Crippen MR) is 140 cm³/mol. The first-order valence-corrected chi connectivity index (χ1v) is 14.9. The minimum atomic E-state index is -1.30. The highest BCUT2D eigenvalue weighted by Gasteiger charge is 2.71. The molecule has 0 aromatic heterocycles. The third-order valence-corrected chi connectivity index (χ3v) is 12.2. The fourth-order valence-electron chi connectivity index (χ4n) is 10.0. The van der Waals surface area contributed by atoms with Gasteiger partial charge in [-0.05, 0) is 81.6 Å². The third-order valence-electron chi connectivity index (χ3n) is 12.2. The van der Waals surface area contributed by atoms with E-state index in [2.05, 4.69) is 6.92 Å². The molecule has 10 nitrogen and oxygen atoms in total. The molecule has 13 atom stereocenters. The molecule has 0 unspecified atom stereocenters. The Kier molecular flexibility index (Phi) is 7.05. The number of hydrogen-bond donors (Lipinski definition) is 4. The maximum atomic E-state index is 13.0. The number of esters is 1. The van der Waals surface area contributed by atoms with Gasteiger partial charge in [0.05, 0.1) is 28.8 Å². The van der Waals surface area contributed by atoms with Crippen LogP contribution >= 0.6 is 0 Å². The quantitative estimate of drug-likeness (QED) is 0.219. The molecule has 4 N–H and O–H groups in total. The van der Waals surface area contributed by atoms with Gasteiger partial charge in [-0.15, -0.1) is 0 Å². The van der Waals surface area contributed by atoms with Crippen LogP contribution in [0.5, 0.6) is 0 Å². The summed E-state index contributed by atoms with van der Waals surface area (Å²) in [6.45, 7) is 4.10. The van der Waals surface area contributed by atoms with E-state index in [0.29, 0.717) is 44.9 Å². The van der Waals surface area contributed by atoms with Gasteiger partial charge in [0.1, 0.15) is 31.2 Å². The summed E-state index contributed by atoms with van der Waals surface area (Å²) in [6.07, 6.45) is 2.28. The molecule has 0 aromatic rings. The van der Waals surface area contributed by atoms with Gasteiger partial charge in [0.2, 0.25) is 0 Å². The summed E-state index contributed by atoms with van der Waals surface area (Å²) in [6, 6.07) is 0. The molecular formula is C30H44O10. The normalized spacial score (nSPS) is 54.1. The van der Waals surface area contributed by atoms with Gasteiger partial charge >= 0.3 is 5.97 Å². The molecule has 6 rings (SSSR count). The van der Waals surface area contributed by atoms with Gasteiger partial charge in [-0.2, -0.15) is 0 Å². The topological polar surface area (TPSA) is 152 Å². The summed E-state index contributed by atoms with van der Waals surface area (Å²) in [5.74, 6) is -0.563. The number of ether oxygens (including phenoxy) is 4. The molecule has 4 saturated carbocycles. The highest BCUT2D eigenvalue weighted by atomic mass is 16.7. The van der Waals surface area contributed by atoms with Crippen molar-refractivity contribution in [1.82, 2.24) is 0 Å². The van der Waals surface area contributed by atoms with Crippen molar-refractivity contribution in [2.24, 2.45) is 28.6 Å². The number of aldehydes is 1. The molecule has 6 aliphatic rings. The standard InChI is InChI=1S/C30H44O10/c1-16-23(33)25(37-3)24(34)26(39-16)40-18-4-9-28(15-31)20-5-8-27(2)19(17-12-22(32)38-14-17)7-11-30(27,36)21(20)6-10-29(28,35)13-18/h12,15-16,18-21,23-26,33-36H,4-11,13-14H2,1-3H3/t16-,18+,19-,20+,21-,23-,24-,25-,26+,27-,28+,29+,30+/m1/s1. The number of fused-ring (bicyclic) bond motifs is 5. The average Bonchev–Trinajstić information content (AvgIpc) is 3.46. The maximum Gasteiger partial charge on any atom is 0.331 e. The molecule has 5 fully saturated rings. The predicted octanol–water partition coefficient (Wildman–Crippen LogP) is 1.40. The number of rotatable bonds is 5. The Labute approximate surface area is 235 Å². The lowest BCUT2D eigenvalue weighted by atomic mass is 9.41. The second-order valence-electron chi connectivity index (χ2n) is 13.6. The summed E-state index contributed by atoms with van der Waals surface area (Å²) in [5, 5.41) is 45.6. The molecule has 0 radical (unpaired) electrons. The van der Waals surface area contributed by atoms with Gasteiger partial charge in [0.15, 0.2) is 6.29 Å². The Bertz CT molecular complexity index is 1060. The summed E-state index contributed by atoms with van der Waals surface area (Å²) in [5.41, 5.74) is -2.77. The summed E-state index contributed by atoms with van der Waals surface area (Å²) >= 11 is 0. The van der Waals surface area contributed by atoms with Crippen LogP contribution in [0.25, 0.3) is 0 Å². The van der Waals surface area contributed by atoms with Crippen LogP contribution < -0.4 is 0 Å². The molecule has 0 spiro atoms. The minimum Gasteiger partial charge on any atom is -0.458 e. The fourth-order valence-corrected chi connectivity index (χ4v) is 10.0. The maximum absolute atomic E-state index is 13.0. The summed E-state index contributed by atoms with van der Waals surface area (Å²) < 4.78 is 22.4. The number of methoxy groups -OCH3 is 1. The average molecular weight is 565 g/mol. The molecule has 0 bridgehead atoms. The van der Waals surface area contributed by atoms with Gasteiger partial charge in [-0.1, -0.05) is 6.92 Å². The number of carbonyl (C=O) groups excluding carboxylic acids is 2. The van der Waals surface area contributed by atoms with Gasteiger partial charge in [-0.25, -0.2) is 4.79 Å². The van der Waals surface area contributed by atoms with Crippen LogP contribution in [-0.2, 0) is 28.5 Å². The first-order valence-electron chi connectivity index (χ1n) is 14.9. The number of carbonyl (C=O) groups is 2. The van der Waals surface area contributed by atoms with Crippen LogP contribution in [0.15, 0.2) is 11.6 Å². The summed E-state index contributed by atoms with van der Waals surface area (Å²) in [7, 11) is 1.42. The van der Waals surface area contributed by atoms with E-state index < -0.39 is 58.8 Å². The van der Waals surface area contributed by atoms with Crippen molar-refractivity contribution < 1.29 is 49.0 Å². The van der Waals surface area contributed by atoms with E-state index in [1.54, 1.807) is 13.0 Å². The van der Waals surface area contributed by atoms with Crippen molar-refractivity contribution in [3.05, 3.63) is 11.6 Å². The van der Waals surface area contributed by atoms with E-state index in [0.717, 1.165) is 18.3 Å². The van der Waals surface area contributed by atoms with E-state index in [1.165, 1.54) is 7.11 Å². The van der Waals surface area contributed by atoms with Crippen LogP contribution in [0.3, 0.4) is 0 Å². The Balaban J connectivity index is 1.22. The Morgan fingerprint density at radius 3 is 2.45 bits per heavy atom.